The molecule has 0 aliphatic carbocycles. The van der Waals surface area contributed by atoms with Crippen LogP contribution in [0.4, 0.5) is 0 Å². The second-order valence-electron chi connectivity index (χ2n) is 2.80. The molecule has 0 aromatic carbocycles. The minimum absolute atomic E-state index is 0.375. The molecule has 1 spiro atoms. The van der Waals surface area contributed by atoms with Crippen molar-refractivity contribution in [1.82, 2.24) is 5.32 Å². The van der Waals surface area contributed by atoms with E-state index in [1.807, 2.05) is 12.4 Å². The lowest BCUT2D eigenvalue weighted by Crippen LogP contribution is -2.24. The number of rotatable bonds is 0. The summed E-state index contributed by atoms with van der Waals surface area (Å²) in [5, 5.41) is 3.19. The van der Waals surface area contributed by atoms with Gasteiger partial charge in [0, 0.05) is 18.5 Å². The first-order chi connectivity index (χ1) is 4.41. The molecule has 0 aromatic rings. The molecule has 1 unspecified atom stereocenters. The Hall–Kier alpha value is -0.790. The summed E-state index contributed by atoms with van der Waals surface area (Å²) >= 11 is 0. The lowest BCUT2D eigenvalue weighted by molar-refractivity contribution is 0.453. The summed E-state index contributed by atoms with van der Waals surface area (Å²) in [7, 11) is 0. The molecule has 0 fully saturated rings. The lowest BCUT2D eigenvalue weighted by Gasteiger charge is -2.16. The van der Waals surface area contributed by atoms with E-state index in [4.69, 9.17) is 0 Å². The summed E-state index contributed by atoms with van der Waals surface area (Å²) < 4.78 is 0. The second kappa shape index (κ2) is 1.59. The maximum absolute atomic E-state index is 4.20. The van der Waals surface area contributed by atoms with Crippen molar-refractivity contribution in [1.29, 1.82) is 0 Å². The monoisotopic (exact) mass is 122 g/mol. The molecule has 2 rings (SSSR count). The zero-order valence-electron chi connectivity index (χ0n) is 5.30. The Morgan fingerprint density at radius 1 is 1.56 bits per heavy atom. The van der Waals surface area contributed by atoms with Gasteiger partial charge in [0.05, 0.1) is 0 Å². The SMILES string of the molecule is C1=CC2(CC=NC2)CN1. The topological polar surface area (TPSA) is 24.4 Å². The molecule has 0 aromatic heterocycles. The largest absolute Gasteiger partial charge is 0.390 e. The van der Waals surface area contributed by atoms with Gasteiger partial charge in [0.2, 0.25) is 0 Å². The molecule has 2 heteroatoms. The first-order valence-corrected chi connectivity index (χ1v) is 3.31. The van der Waals surface area contributed by atoms with Crippen LogP contribution in [0.15, 0.2) is 17.3 Å². The van der Waals surface area contributed by atoms with Gasteiger partial charge in [-0.05, 0) is 18.8 Å². The number of aliphatic imine (C=N–C) groups is 1. The third-order valence-electron chi connectivity index (χ3n) is 2.04. The summed E-state index contributed by atoms with van der Waals surface area (Å²) in [5.41, 5.74) is 0.375. The fraction of sp³-hybridized carbons (Fsp3) is 0.571. The van der Waals surface area contributed by atoms with Crippen LogP contribution in [0, 0.1) is 5.41 Å². The third-order valence-corrected chi connectivity index (χ3v) is 2.04. The first-order valence-electron chi connectivity index (χ1n) is 3.31. The molecule has 0 saturated heterocycles. The van der Waals surface area contributed by atoms with Crippen LogP contribution in [0.1, 0.15) is 6.42 Å². The summed E-state index contributed by atoms with van der Waals surface area (Å²) in [4.78, 5) is 4.20. The van der Waals surface area contributed by atoms with Gasteiger partial charge in [0.1, 0.15) is 0 Å². The highest BCUT2D eigenvalue weighted by molar-refractivity contribution is 5.62. The highest BCUT2D eigenvalue weighted by Crippen LogP contribution is 2.29. The van der Waals surface area contributed by atoms with Gasteiger partial charge >= 0.3 is 0 Å². The van der Waals surface area contributed by atoms with Crippen LogP contribution in [-0.4, -0.2) is 19.3 Å². The van der Waals surface area contributed by atoms with Crippen LogP contribution in [-0.2, 0) is 0 Å². The van der Waals surface area contributed by atoms with Crippen molar-refractivity contribution in [3.8, 4) is 0 Å². The fourth-order valence-corrected chi connectivity index (χ4v) is 1.36. The molecule has 2 aliphatic heterocycles. The number of hydrogen-bond donors (Lipinski definition) is 1. The molecule has 1 N–H and O–H groups in total. The van der Waals surface area contributed by atoms with Gasteiger partial charge in [-0.25, -0.2) is 0 Å². The third kappa shape index (κ3) is 0.661. The van der Waals surface area contributed by atoms with E-state index in [1.54, 1.807) is 0 Å². The first kappa shape index (κ1) is 5.03. The van der Waals surface area contributed by atoms with Gasteiger partial charge in [-0.2, -0.15) is 0 Å². The number of hydrogen-bond acceptors (Lipinski definition) is 2. The van der Waals surface area contributed by atoms with Gasteiger partial charge in [0.25, 0.3) is 0 Å². The molecule has 1 atom stereocenters. The van der Waals surface area contributed by atoms with E-state index in [-0.39, 0.29) is 0 Å². The molecule has 0 saturated carbocycles. The van der Waals surface area contributed by atoms with Crippen molar-refractivity contribution < 1.29 is 0 Å². The summed E-state index contributed by atoms with van der Waals surface area (Å²) in [5.74, 6) is 0. The van der Waals surface area contributed by atoms with Crippen molar-refractivity contribution in [3.63, 3.8) is 0 Å². The summed E-state index contributed by atoms with van der Waals surface area (Å²) in [6.07, 6.45) is 7.42. The Morgan fingerprint density at radius 2 is 2.56 bits per heavy atom. The van der Waals surface area contributed by atoms with Crippen LogP contribution in [0.5, 0.6) is 0 Å². The molecular weight excluding hydrogens is 112 g/mol. The highest BCUT2D eigenvalue weighted by Gasteiger charge is 2.31. The highest BCUT2D eigenvalue weighted by atomic mass is 14.9. The second-order valence-corrected chi connectivity index (χ2v) is 2.80. The van der Waals surface area contributed by atoms with E-state index in [0.717, 1.165) is 19.5 Å². The number of nitrogens with one attached hydrogen (secondary N) is 1. The summed E-state index contributed by atoms with van der Waals surface area (Å²) in [6, 6.07) is 0. The Labute approximate surface area is 54.7 Å². The molecular formula is C7H10N2. The zero-order chi connectivity index (χ0) is 6.16. The Balaban J connectivity index is 2.17. The molecule has 2 aliphatic rings. The van der Waals surface area contributed by atoms with Crippen molar-refractivity contribution in [3.05, 3.63) is 12.3 Å². The van der Waals surface area contributed by atoms with Gasteiger partial charge in [-0.3, -0.25) is 4.99 Å². The molecule has 2 heterocycles. The molecule has 0 radical (unpaired) electrons. The average molecular weight is 122 g/mol. The van der Waals surface area contributed by atoms with Gasteiger partial charge in [0.15, 0.2) is 0 Å². The Kier molecular flexibility index (Phi) is 0.891. The summed E-state index contributed by atoms with van der Waals surface area (Å²) in [6.45, 7) is 2.06. The Bertz CT molecular complexity index is 162. The van der Waals surface area contributed by atoms with E-state index in [0.29, 0.717) is 5.41 Å². The molecule has 0 bridgehead atoms. The Morgan fingerprint density at radius 3 is 3.11 bits per heavy atom. The average Bonchev–Trinajstić information content (AvgIpc) is 2.45. The minimum Gasteiger partial charge on any atom is -0.390 e. The lowest BCUT2D eigenvalue weighted by atomic mass is 9.89. The van der Waals surface area contributed by atoms with E-state index in [2.05, 4.69) is 16.4 Å². The standard InChI is InChI=1S/C7H10N2/c1-3-8-5-7(1)2-4-9-6-7/h1,3-4,8H,2,5-6H2. The maximum Gasteiger partial charge on any atom is 0.0497 e. The van der Waals surface area contributed by atoms with Gasteiger partial charge < -0.3 is 5.32 Å². The molecule has 9 heavy (non-hydrogen) atoms. The van der Waals surface area contributed by atoms with Crippen molar-refractivity contribution in [2.75, 3.05) is 13.1 Å². The molecule has 2 nitrogen and oxygen atoms in total. The van der Waals surface area contributed by atoms with Crippen molar-refractivity contribution in [2.45, 2.75) is 6.42 Å². The smallest absolute Gasteiger partial charge is 0.0497 e. The fourth-order valence-electron chi connectivity index (χ4n) is 1.36. The number of nitrogens with zero attached hydrogens (tertiary/aromatic N) is 1. The van der Waals surface area contributed by atoms with Crippen LogP contribution in [0.25, 0.3) is 0 Å². The predicted molar refractivity (Wildman–Crippen MR) is 37.6 cm³/mol. The van der Waals surface area contributed by atoms with E-state index in [9.17, 15) is 0 Å². The normalized spacial score (nSPS) is 38.2. The van der Waals surface area contributed by atoms with E-state index < -0.39 is 0 Å². The van der Waals surface area contributed by atoms with Crippen LogP contribution < -0.4 is 5.32 Å². The van der Waals surface area contributed by atoms with Crippen molar-refractivity contribution in [2.24, 2.45) is 10.4 Å². The maximum atomic E-state index is 4.20. The minimum atomic E-state index is 0.375. The van der Waals surface area contributed by atoms with Crippen LogP contribution in [0.3, 0.4) is 0 Å². The van der Waals surface area contributed by atoms with E-state index >= 15 is 0 Å². The van der Waals surface area contributed by atoms with E-state index in [1.165, 1.54) is 0 Å². The van der Waals surface area contributed by atoms with Crippen molar-refractivity contribution >= 4 is 6.21 Å². The predicted octanol–water partition coefficient (Wildman–Crippen LogP) is 0.564. The molecule has 0 amide bonds. The van der Waals surface area contributed by atoms with Gasteiger partial charge in [-0.15, -0.1) is 0 Å². The zero-order valence-corrected chi connectivity index (χ0v) is 5.30. The van der Waals surface area contributed by atoms with Crippen LogP contribution in [0.2, 0.25) is 0 Å². The van der Waals surface area contributed by atoms with Gasteiger partial charge in [-0.1, -0.05) is 6.08 Å². The quantitative estimate of drug-likeness (QED) is 0.499. The van der Waals surface area contributed by atoms with Crippen LogP contribution >= 0.6 is 0 Å². The molecule has 48 valence electrons.